The fourth-order valence-corrected chi connectivity index (χ4v) is 3.29. The van der Waals surface area contributed by atoms with Gasteiger partial charge in [0.2, 0.25) is 5.91 Å². The molecule has 0 saturated heterocycles. The number of hydrogen-bond donors (Lipinski definition) is 1. The highest BCUT2D eigenvalue weighted by atomic mass is 32.2. The maximum Gasteiger partial charge on any atom is 0.234 e. The number of benzene rings is 1. The lowest BCUT2D eigenvalue weighted by atomic mass is 10.2. The van der Waals surface area contributed by atoms with Gasteiger partial charge in [0, 0.05) is 17.1 Å². The predicted octanol–water partition coefficient (Wildman–Crippen LogP) is 3.38. The number of nitrogens with one attached hydrogen (secondary N) is 1. The van der Waals surface area contributed by atoms with Crippen molar-refractivity contribution in [2.24, 2.45) is 0 Å². The molecule has 1 heterocycles. The van der Waals surface area contributed by atoms with Crippen molar-refractivity contribution in [1.29, 1.82) is 5.26 Å². The van der Waals surface area contributed by atoms with Crippen LogP contribution in [0.15, 0.2) is 40.9 Å². The quantitative estimate of drug-likeness (QED) is 0.463. The zero-order chi connectivity index (χ0) is 17.5. The van der Waals surface area contributed by atoms with Gasteiger partial charge in [-0.1, -0.05) is 17.8 Å². The minimum atomic E-state index is -0.116. The summed E-state index contributed by atoms with van der Waals surface area (Å²) < 4.78 is 1.91. The van der Waals surface area contributed by atoms with Crippen molar-refractivity contribution in [3.8, 4) is 5.40 Å². The number of hydrogen-bond acceptors (Lipinski definition) is 6. The van der Waals surface area contributed by atoms with Crippen molar-refractivity contribution in [1.82, 2.24) is 14.8 Å². The van der Waals surface area contributed by atoms with Gasteiger partial charge in [0.1, 0.15) is 11.2 Å². The summed E-state index contributed by atoms with van der Waals surface area (Å²) in [4.78, 5) is 13.0. The molecule has 6 nitrogen and oxygen atoms in total. The fourth-order valence-electron chi connectivity index (χ4n) is 2.02. The minimum absolute atomic E-state index is 0.116. The molecule has 2 rings (SSSR count). The number of allylic oxidation sites excluding steroid dienone is 1. The molecule has 0 bridgehead atoms. The van der Waals surface area contributed by atoms with E-state index in [9.17, 15) is 4.79 Å². The molecule has 0 aliphatic heterocycles. The zero-order valence-electron chi connectivity index (χ0n) is 13.4. The van der Waals surface area contributed by atoms with Crippen molar-refractivity contribution in [3.63, 3.8) is 0 Å². The van der Waals surface area contributed by atoms with Crippen molar-refractivity contribution in [3.05, 3.63) is 42.2 Å². The summed E-state index contributed by atoms with van der Waals surface area (Å²) in [5.41, 5.74) is 1.66. The smallest absolute Gasteiger partial charge is 0.234 e. The summed E-state index contributed by atoms with van der Waals surface area (Å²) in [5, 5.41) is 22.4. The zero-order valence-corrected chi connectivity index (χ0v) is 15.1. The molecule has 0 spiro atoms. The second kappa shape index (κ2) is 8.57. The van der Waals surface area contributed by atoms with Crippen molar-refractivity contribution >= 4 is 35.1 Å². The largest absolute Gasteiger partial charge is 0.325 e. The second-order valence-corrected chi connectivity index (χ2v) is 6.74. The van der Waals surface area contributed by atoms with E-state index >= 15 is 0 Å². The van der Waals surface area contributed by atoms with E-state index in [4.69, 9.17) is 5.26 Å². The number of nitriles is 1. The van der Waals surface area contributed by atoms with E-state index in [1.54, 1.807) is 6.08 Å². The molecule has 1 aromatic heterocycles. The van der Waals surface area contributed by atoms with Crippen LogP contribution in [0.25, 0.3) is 0 Å². The number of carbonyl (C=O) groups is 1. The van der Waals surface area contributed by atoms with Crippen LogP contribution in [0, 0.1) is 24.5 Å². The summed E-state index contributed by atoms with van der Waals surface area (Å²) in [5.74, 6) is 0.914. The van der Waals surface area contributed by atoms with Gasteiger partial charge in [-0.15, -0.1) is 16.8 Å². The monoisotopic (exact) mass is 359 g/mol. The summed E-state index contributed by atoms with van der Waals surface area (Å²) in [6.07, 6.45) is 1.77. The van der Waals surface area contributed by atoms with Crippen LogP contribution in [-0.2, 0) is 11.3 Å². The molecule has 0 aliphatic rings. The molecule has 0 saturated carbocycles. The van der Waals surface area contributed by atoms with Crippen LogP contribution in [-0.4, -0.2) is 26.4 Å². The average molecular weight is 359 g/mol. The Morgan fingerprint density at radius 2 is 2.25 bits per heavy atom. The van der Waals surface area contributed by atoms with Gasteiger partial charge in [0.25, 0.3) is 0 Å². The third kappa shape index (κ3) is 4.63. The highest BCUT2D eigenvalue weighted by molar-refractivity contribution is 8.03. The van der Waals surface area contributed by atoms with E-state index in [1.807, 2.05) is 42.0 Å². The van der Waals surface area contributed by atoms with Crippen LogP contribution in [0.5, 0.6) is 0 Å². The van der Waals surface area contributed by atoms with Gasteiger partial charge in [-0.3, -0.25) is 4.79 Å². The Labute approximate surface area is 149 Å². The number of carbonyl (C=O) groups excluding carboxylic acids is 1. The highest BCUT2D eigenvalue weighted by Crippen LogP contribution is 2.24. The number of rotatable bonds is 7. The lowest BCUT2D eigenvalue weighted by Gasteiger charge is -2.09. The molecule has 1 N–H and O–H groups in total. The number of nitrogens with zero attached hydrogens (tertiary/aromatic N) is 4. The lowest BCUT2D eigenvalue weighted by Crippen LogP contribution is -2.15. The summed E-state index contributed by atoms with van der Waals surface area (Å²) in [6, 6.07) is 5.50. The van der Waals surface area contributed by atoms with Gasteiger partial charge < -0.3 is 9.88 Å². The number of amides is 1. The predicted molar refractivity (Wildman–Crippen MR) is 97.0 cm³/mol. The first-order chi connectivity index (χ1) is 11.5. The standard InChI is InChI=1S/C16H17N5OS2/c1-4-7-21-12(3)19-20-16(21)23-9-15(22)18-14-6-5-13(24-10-17)8-11(14)2/h4-6,8H,1,7,9H2,2-3H3,(H,18,22). The van der Waals surface area contributed by atoms with Crippen molar-refractivity contribution in [2.45, 2.75) is 30.4 Å². The number of thiocyanates is 1. The SMILES string of the molecule is C=CCn1c(C)nnc1SCC(=O)Nc1ccc(SC#N)cc1C. The molecule has 2 aromatic rings. The first-order valence-corrected chi connectivity index (χ1v) is 8.95. The Balaban J connectivity index is 1.97. The van der Waals surface area contributed by atoms with E-state index < -0.39 is 0 Å². The van der Waals surface area contributed by atoms with Gasteiger partial charge in [-0.05, 0) is 49.4 Å². The Morgan fingerprint density at radius 3 is 2.92 bits per heavy atom. The topological polar surface area (TPSA) is 83.6 Å². The van der Waals surface area contributed by atoms with E-state index in [2.05, 4.69) is 22.1 Å². The number of anilines is 1. The molecule has 0 atom stereocenters. The van der Waals surface area contributed by atoms with Crippen LogP contribution in [0.3, 0.4) is 0 Å². The van der Waals surface area contributed by atoms with E-state index in [-0.39, 0.29) is 11.7 Å². The minimum Gasteiger partial charge on any atom is -0.325 e. The molecule has 0 radical (unpaired) electrons. The van der Waals surface area contributed by atoms with E-state index in [0.717, 1.165) is 33.7 Å². The third-order valence-corrected chi connectivity index (χ3v) is 4.73. The van der Waals surface area contributed by atoms with Gasteiger partial charge >= 0.3 is 0 Å². The molecule has 1 amide bonds. The van der Waals surface area contributed by atoms with Gasteiger partial charge in [-0.2, -0.15) is 5.26 Å². The van der Waals surface area contributed by atoms with E-state index in [0.29, 0.717) is 11.7 Å². The van der Waals surface area contributed by atoms with Crippen LogP contribution in [0.4, 0.5) is 5.69 Å². The normalized spacial score (nSPS) is 10.2. The molecular formula is C16H17N5OS2. The summed E-state index contributed by atoms with van der Waals surface area (Å²) in [6.45, 7) is 8.09. The molecule has 0 unspecified atom stereocenters. The third-order valence-electron chi connectivity index (χ3n) is 3.18. The maximum atomic E-state index is 12.2. The number of aromatic nitrogens is 3. The van der Waals surface area contributed by atoms with Gasteiger partial charge in [-0.25, -0.2) is 0 Å². The first-order valence-electron chi connectivity index (χ1n) is 7.15. The summed E-state index contributed by atoms with van der Waals surface area (Å²) in [7, 11) is 0. The Bertz CT molecular complexity index is 794. The summed E-state index contributed by atoms with van der Waals surface area (Å²) >= 11 is 2.43. The van der Waals surface area contributed by atoms with Crippen LogP contribution in [0.2, 0.25) is 0 Å². The molecular weight excluding hydrogens is 342 g/mol. The molecule has 8 heteroatoms. The molecule has 24 heavy (non-hydrogen) atoms. The lowest BCUT2D eigenvalue weighted by molar-refractivity contribution is -0.113. The Kier molecular flexibility index (Phi) is 6.46. The second-order valence-electron chi connectivity index (χ2n) is 4.94. The molecule has 1 aromatic carbocycles. The van der Waals surface area contributed by atoms with Crippen molar-refractivity contribution < 1.29 is 4.79 Å². The highest BCUT2D eigenvalue weighted by Gasteiger charge is 2.12. The van der Waals surface area contributed by atoms with Gasteiger partial charge in [0.15, 0.2) is 5.16 Å². The number of thioether (sulfide) groups is 2. The van der Waals surface area contributed by atoms with Gasteiger partial charge in [0.05, 0.1) is 5.75 Å². The average Bonchev–Trinajstić information content (AvgIpc) is 2.89. The molecule has 0 fully saturated rings. The fraction of sp³-hybridized carbons (Fsp3) is 0.250. The Hall–Kier alpha value is -2.24. The molecule has 124 valence electrons. The van der Waals surface area contributed by atoms with Crippen LogP contribution < -0.4 is 5.32 Å². The van der Waals surface area contributed by atoms with Crippen LogP contribution in [0.1, 0.15) is 11.4 Å². The van der Waals surface area contributed by atoms with Crippen LogP contribution >= 0.6 is 23.5 Å². The Morgan fingerprint density at radius 1 is 1.46 bits per heavy atom. The molecule has 0 aliphatic carbocycles. The number of aryl methyl sites for hydroxylation is 2. The first kappa shape index (κ1) is 18.1. The van der Waals surface area contributed by atoms with Crippen molar-refractivity contribution in [2.75, 3.05) is 11.1 Å². The van der Waals surface area contributed by atoms with E-state index in [1.165, 1.54) is 11.8 Å². The maximum absolute atomic E-state index is 12.2.